The summed E-state index contributed by atoms with van der Waals surface area (Å²) in [5.74, 6) is 0.311. The minimum Gasteiger partial charge on any atom is -0.466 e. The summed E-state index contributed by atoms with van der Waals surface area (Å²) in [4.78, 5) is 0.211. The molecule has 1 atom stereocenters. The fourth-order valence-electron chi connectivity index (χ4n) is 2.09. The number of benzene rings is 1. The Kier molecular flexibility index (Phi) is 4.22. The average molecular weight is 309 g/mol. The van der Waals surface area contributed by atoms with Crippen molar-refractivity contribution in [2.75, 3.05) is 6.54 Å². The van der Waals surface area contributed by atoms with Gasteiger partial charge in [0.25, 0.3) is 0 Å². The van der Waals surface area contributed by atoms with Crippen molar-refractivity contribution < 1.29 is 17.9 Å². The van der Waals surface area contributed by atoms with Gasteiger partial charge in [0.2, 0.25) is 10.0 Å². The van der Waals surface area contributed by atoms with E-state index in [4.69, 9.17) is 4.42 Å². The summed E-state index contributed by atoms with van der Waals surface area (Å²) >= 11 is 0. The normalized spacial score (nSPS) is 14.9. The molecule has 0 spiro atoms. The molecule has 0 bridgehead atoms. The van der Waals surface area contributed by atoms with Crippen molar-refractivity contribution in [1.82, 2.24) is 4.72 Å². The van der Waals surface area contributed by atoms with E-state index in [2.05, 4.69) is 4.72 Å². The van der Waals surface area contributed by atoms with Gasteiger partial charge in [-0.15, -0.1) is 0 Å². The molecule has 1 aromatic carbocycles. The van der Waals surface area contributed by atoms with Gasteiger partial charge in [-0.05, 0) is 44.5 Å². The minimum atomic E-state index is -3.68. The van der Waals surface area contributed by atoms with Crippen LogP contribution in [0.25, 0.3) is 0 Å². The number of aliphatic hydroxyl groups is 1. The van der Waals surface area contributed by atoms with Crippen LogP contribution in [0.4, 0.5) is 0 Å². The third-order valence-corrected chi connectivity index (χ3v) is 4.84. The van der Waals surface area contributed by atoms with E-state index in [0.29, 0.717) is 11.3 Å². The fourth-order valence-corrected chi connectivity index (χ4v) is 3.44. The highest BCUT2D eigenvalue weighted by atomic mass is 32.2. The minimum absolute atomic E-state index is 0.170. The van der Waals surface area contributed by atoms with Gasteiger partial charge in [-0.1, -0.05) is 17.7 Å². The number of nitrogens with one attached hydrogen (secondary N) is 1. The maximum absolute atomic E-state index is 12.3. The second-order valence-electron chi connectivity index (χ2n) is 5.34. The smallest absolute Gasteiger partial charge is 0.240 e. The summed E-state index contributed by atoms with van der Waals surface area (Å²) in [5.41, 5.74) is 0.254. The van der Waals surface area contributed by atoms with Crippen LogP contribution in [0, 0.1) is 13.8 Å². The summed E-state index contributed by atoms with van der Waals surface area (Å²) in [7, 11) is -3.68. The second kappa shape index (κ2) is 5.63. The molecule has 0 amide bonds. The van der Waals surface area contributed by atoms with E-state index in [-0.39, 0.29) is 11.4 Å². The Bertz CT molecular complexity index is 718. The highest BCUT2D eigenvalue weighted by molar-refractivity contribution is 7.89. The third kappa shape index (κ3) is 3.53. The van der Waals surface area contributed by atoms with Crippen molar-refractivity contribution in [1.29, 1.82) is 0 Å². The van der Waals surface area contributed by atoms with Crippen LogP contribution in [0.3, 0.4) is 0 Å². The van der Waals surface area contributed by atoms with E-state index >= 15 is 0 Å². The van der Waals surface area contributed by atoms with E-state index in [9.17, 15) is 13.5 Å². The summed E-state index contributed by atoms with van der Waals surface area (Å²) in [5, 5.41) is 10.3. The van der Waals surface area contributed by atoms with Crippen molar-refractivity contribution >= 4 is 10.0 Å². The number of sulfonamides is 1. The van der Waals surface area contributed by atoms with E-state index in [1.165, 1.54) is 13.2 Å². The predicted molar refractivity (Wildman–Crippen MR) is 79.4 cm³/mol. The number of hydrogen-bond acceptors (Lipinski definition) is 4. The lowest BCUT2D eigenvalue weighted by atomic mass is 10.1. The van der Waals surface area contributed by atoms with Crippen molar-refractivity contribution in [3.63, 3.8) is 0 Å². The van der Waals surface area contributed by atoms with E-state index in [1.54, 1.807) is 37.3 Å². The highest BCUT2D eigenvalue weighted by Crippen LogP contribution is 2.22. The van der Waals surface area contributed by atoms with Crippen molar-refractivity contribution in [2.45, 2.75) is 31.3 Å². The molecule has 0 aliphatic heterocycles. The van der Waals surface area contributed by atoms with Gasteiger partial charge >= 0.3 is 0 Å². The number of hydrogen-bond donors (Lipinski definition) is 2. The SMILES string of the molecule is Cc1ccc(S(=O)(=O)NCC(C)(O)c2ccco2)c(C)c1. The summed E-state index contributed by atoms with van der Waals surface area (Å²) < 4.78 is 32.2. The van der Waals surface area contributed by atoms with Crippen molar-refractivity contribution in [2.24, 2.45) is 0 Å². The molecular formula is C15H19NO4S. The van der Waals surface area contributed by atoms with Crippen LogP contribution in [0.1, 0.15) is 23.8 Å². The first-order valence-corrected chi connectivity index (χ1v) is 8.04. The van der Waals surface area contributed by atoms with E-state index in [0.717, 1.165) is 5.56 Å². The Hall–Kier alpha value is -1.63. The summed E-state index contributed by atoms with van der Waals surface area (Å²) in [6.45, 7) is 4.97. The maximum atomic E-state index is 12.3. The largest absolute Gasteiger partial charge is 0.466 e. The van der Waals surface area contributed by atoms with E-state index < -0.39 is 15.6 Å². The molecule has 21 heavy (non-hydrogen) atoms. The lowest BCUT2D eigenvalue weighted by molar-refractivity contribution is 0.0395. The standard InChI is InChI=1S/C15H19NO4S/c1-11-6-7-13(12(2)9-11)21(18,19)16-10-15(3,17)14-5-4-8-20-14/h4-9,16-17H,10H2,1-3H3. The zero-order valence-corrected chi connectivity index (χ0v) is 13.1. The van der Waals surface area contributed by atoms with Crippen molar-refractivity contribution in [3.05, 3.63) is 53.5 Å². The molecule has 2 N–H and O–H groups in total. The molecule has 1 unspecified atom stereocenters. The molecule has 114 valence electrons. The third-order valence-electron chi connectivity index (χ3n) is 3.28. The Morgan fingerprint density at radius 1 is 1.29 bits per heavy atom. The lowest BCUT2D eigenvalue weighted by Gasteiger charge is -2.21. The van der Waals surface area contributed by atoms with Gasteiger partial charge < -0.3 is 9.52 Å². The second-order valence-corrected chi connectivity index (χ2v) is 7.08. The van der Waals surface area contributed by atoms with Gasteiger partial charge in [-0.2, -0.15) is 0 Å². The molecule has 1 aromatic heterocycles. The van der Waals surface area contributed by atoms with Crippen LogP contribution in [-0.2, 0) is 15.6 Å². The lowest BCUT2D eigenvalue weighted by Crippen LogP contribution is -2.38. The number of furan rings is 1. The zero-order valence-electron chi connectivity index (χ0n) is 12.3. The maximum Gasteiger partial charge on any atom is 0.240 e. The van der Waals surface area contributed by atoms with Crippen LogP contribution < -0.4 is 4.72 Å². The van der Waals surface area contributed by atoms with Gasteiger partial charge in [0, 0.05) is 6.54 Å². The molecule has 0 saturated carbocycles. The quantitative estimate of drug-likeness (QED) is 0.886. The van der Waals surface area contributed by atoms with Gasteiger partial charge in [0.15, 0.2) is 0 Å². The first-order valence-electron chi connectivity index (χ1n) is 6.56. The van der Waals surface area contributed by atoms with E-state index in [1.807, 2.05) is 6.92 Å². The molecule has 0 fully saturated rings. The molecule has 1 heterocycles. The number of aryl methyl sites for hydroxylation is 2. The Balaban J connectivity index is 2.19. The molecule has 0 radical (unpaired) electrons. The molecule has 6 heteroatoms. The van der Waals surface area contributed by atoms with Crippen molar-refractivity contribution in [3.8, 4) is 0 Å². The first-order chi connectivity index (χ1) is 9.72. The van der Waals surface area contributed by atoms with Gasteiger partial charge in [-0.3, -0.25) is 0 Å². The summed E-state index contributed by atoms with van der Waals surface area (Å²) in [6.07, 6.45) is 1.43. The zero-order chi connectivity index (χ0) is 15.7. The monoisotopic (exact) mass is 309 g/mol. The van der Waals surface area contributed by atoms with Crippen LogP contribution in [0.5, 0.6) is 0 Å². The topological polar surface area (TPSA) is 79.5 Å². The molecule has 2 aromatic rings. The molecule has 0 aliphatic rings. The Morgan fingerprint density at radius 3 is 2.57 bits per heavy atom. The molecule has 0 saturated heterocycles. The highest BCUT2D eigenvalue weighted by Gasteiger charge is 2.29. The molecule has 0 aliphatic carbocycles. The summed E-state index contributed by atoms with van der Waals surface area (Å²) in [6, 6.07) is 8.36. The molecule has 2 rings (SSSR count). The number of rotatable bonds is 5. The fraction of sp³-hybridized carbons (Fsp3) is 0.333. The van der Waals surface area contributed by atoms with Crippen LogP contribution in [0.15, 0.2) is 45.9 Å². The van der Waals surface area contributed by atoms with Gasteiger partial charge in [0.1, 0.15) is 11.4 Å². The molecule has 5 nitrogen and oxygen atoms in total. The Labute approximate surface area is 124 Å². The average Bonchev–Trinajstić information content (AvgIpc) is 2.91. The van der Waals surface area contributed by atoms with Crippen LogP contribution in [-0.4, -0.2) is 20.1 Å². The Morgan fingerprint density at radius 2 is 2.00 bits per heavy atom. The predicted octanol–water partition coefficient (Wildman–Crippen LogP) is 2.08. The van der Waals surface area contributed by atoms with Gasteiger partial charge in [0.05, 0.1) is 11.2 Å². The van der Waals surface area contributed by atoms with Crippen LogP contribution in [0.2, 0.25) is 0 Å². The molecular weight excluding hydrogens is 290 g/mol. The first kappa shape index (κ1) is 15.8. The van der Waals surface area contributed by atoms with Crippen LogP contribution >= 0.6 is 0 Å². The van der Waals surface area contributed by atoms with Gasteiger partial charge in [-0.25, -0.2) is 13.1 Å².